The summed E-state index contributed by atoms with van der Waals surface area (Å²) in [6, 6.07) is 15.1. The Morgan fingerprint density at radius 2 is 1.65 bits per heavy atom. The second kappa shape index (κ2) is 14.0. The highest BCUT2D eigenvalue weighted by Gasteiger charge is 2.26. The maximum atomic E-state index is 13.2. The van der Waals surface area contributed by atoms with Crippen molar-refractivity contribution in [3.05, 3.63) is 72.6 Å². The first kappa shape index (κ1) is 27.7. The summed E-state index contributed by atoms with van der Waals surface area (Å²) in [6.07, 6.45) is 4.14. The van der Waals surface area contributed by atoms with Gasteiger partial charge in [0.15, 0.2) is 0 Å². The molecule has 3 amide bonds. The lowest BCUT2D eigenvalue weighted by Crippen LogP contribution is -2.52. The number of carbonyl (C=O) groups is 3. The van der Waals surface area contributed by atoms with Crippen molar-refractivity contribution < 1.29 is 14.4 Å². The van der Waals surface area contributed by atoms with E-state index < -0.39 is 18.0 Å². The lowest BCUT2D eigenvalue weighted by atomic mass is 10.0. The van der Waals surface area contributed by atoms with E-state index in [1.54, 1.807) is 18.5 Å². The van der Waals surface area contributed by atoms with Gasteiger partial charge in [-0.3, -0.25) is 19.4 Å². The molecular weight excluding hydrogens is 470 g/mol. The zero-order valence-electron chi connectivity index (χ0n) is 20.8. The summed E-state index contributed by atoms with van der Waals surface area (Å²) in [5.74, 6) is -1.26. The summed E-state index contributed by atoms with van der Waals surface area (Å²) in [5.41, 5.74) is 18.8. The van der Waals surface area contributed by atoms with E-state index in [1.807, 2.05) is 48.5 Å². The van der Waals surface area contributed by atoms with Gasteiger partial charge in [-0.1, -0.05) is 36.4 Å². The summed E-state index contributed by atoms with van der Waals surface area (Å²) in [7, 11) is 0. The molecule has 1 heterocycles. The largest absolute Gasteiger partial charge is 0.343 e. The van der Waals surface area contributed by atoms with Gasteiger partial charge in [0.25, 0.3) is 0 Å². The summed E-state index contributed by atoms with van der Waals surface area (Å²) >= 11 is 0. The number of nitrogens with zero attached hydrogens (tertiary/aromatic N) is 2. The van der Waals surface area contributed by atoms with Crippen LogP contribution in [0, 0.1) is 0 Å². The number of benzene rings is 2. The first-order chi connectivity index (χ1) is 17.9. The maximum absolute atomic E-state index is 13.2. The van der Waals surface area contributed by atoms with Gasteiger partial charge in [0, 0.05) is 49.6 Å². The molecule has 196 valence electrons. The predicted octanol–water partition coefficient (Wildman–Crippen LogP) is 0.754. The molecular formula is C27H35N7O3. The Hall–Kier alpha value is -3.86. The molecule has 0 fully saturated rings. The third kappa shape index (κ3) is 8.35. The zero-order chi connectivity index (χ0) is 26.6. The number of nitrogens with two attached hydrogens (primary N) is 3. The van der Waals surface area contributed by atoms with Gasteiger partial charge in [0.05, 0.1) is 12.5 Å². The van der Waals surface area contributed by atoms with Crippen molar-refractivity contribution in [1.29, 1.82) is 0 Å². The number of hydrogen-bond donors (Lipinski definition) is 5. The van der Waals surface area contributed by atoms with E-state index in [9.17, 15) is 14.4 Å². The molecule has 2 aromatic carbocycles. The van der Waals surface area contributed by atoms with Gasteiger partial charge in [0.1, 0.15) is 6.04 Å². The molecule has 1 aromatic heterocycles. The number of fused-ring (bicyclic) bond motifs is 1. The molecule has 2 atom stereocenters. The molecule has 3 aromatic rings. The Labute approximate surface area is 216 Å². The number of aromatic nitrogens is 1. The van der Waals surface area contributed by atoms with Crippen LogP contribution in [0.15, 0.2) is 67.0 Å². The number of nitrogens with one attached hydrogen (secondary N) is 2. The van der Waals surface area contributed by atoms with Gasteiger partial charge < -0.3 is 32.7 Å². The SMILES string of the molecule is NCCN(CCN)C(=O)CC(N)C(=O)NC(CCc1ccccc1)C(=O)Nc1ccc2cnccc2c1. The van der Waals surface area contributed by atoms with Crippen molar-refractivity contribution in [2.45, 2.75) is 31.3 Å². The van der Waals surface area contributed by atoms with Crippen LogP contribution in [0.25, 0.3) is 10.8 Å². The number of amides is 3. The fourth-order valence-electron chi connectivity index (χ4n) is 3.98. The smallest absolute Gasteiger partial charge is 0.246 e. The normalized spacial score (nSPS) is 12.5. The number of carbonyl (C=O) groups excluding carboxylic acids is 3. The molecule has 0 saturated heterocycles. The molecule has 3 rings (SSSR count). The predicted molar refractivity (Wildman–Crippen MR) is 144 cm³/mol. The molecule has 0 spiro atoms. The maximum Gasteiger partial charge on any atom is 0.246 e. The monoisotopic (exact) mass is 505 g/mol. The lowest BCUT2D eigenvalue weighted by molar-refractivity contribution is -0.134. The fourth-order valence-corrected chi connectivity index (χ4v) is 3.98. The van der Waals surface area contributed by atoms with Crippen LogP contribution in [0.2, 0.25) is 0 Å². The third-order valence-corrected chi connectivity index (χ3v) is 5.99. The lowest BCUT2D eigenvalue weighted by Gasteiger charge is -2.24. The fraction of sp³-hybridized carbons (Fsp3) is 0.333. The Kier molecular flexibility index (Phi) is 10.5. The molecule has 2 unspecified atom stereocenters. The van der Waals surface area contributed by atoms with Gasteiger partial charge in [-0.05, 0) is 42.0 Å². The van der Waals surface area contributed by atoms with Crippen molar-refractivity contribution in [3.63, 3.8) is 0 Å². The molecule has 8 N–H and O–H groups in total. The minimum Gasteiger partial charge on any atom is -0.343 e. The molecule has 0 aliphatic rings. The van der Waals surface area contributed by atoms with Gasteiger partial charge in [-0.25, -0.2) is 0 Å². The van der Waals surface area contributed by atoms with Crippen LogP contribution >= 0.6 is 0 Å². The van der Waals surface area contributed by atoms with Crippen LogP contribution < -0.4 is 27.8 Å². The van der Waals surface area contributed by atoms with Crippen molar-refractivity contribution in [2.24, 2.45) is 17.2 Å². The minimum atomic E-state index is -1.12. The van der Waals surface area contributed by atoms with E-state index in [0.717, 1.165) is 16.3 Å². The second-order valence-corrected chi connectivity index (χ2v) is 8.78. The van der Waals surface area contributed by atoms with Crippen LogP contribution in [0.4, 0.5) is 5.69 Å². The number of aryl methyl sites for hydroxylation is 1. The van der Waals surface area contributed by atoms with Crippen molar-refractivity contribution in [2.75, 3.05) is 31.5 Å². The summed E-state index contributed by atoms with van der Waals surface area (Å²) in [4.78, 5) is 44.3. The summed E-state index contributed by atoms with van der Waals surface area (Å²) in [6.45, 7) is 1.21. The Balaban J connectivity index is 1.69. The van der Waals surface area contributed by atoms with Crippen LogP contribution in [-0.4, -0.2) is 65.9 Å². The standard InChI is InChI=1S/C27H35N7O3/c28-11-14-34(15-12-29)25(35)17-23(30)26(36)33-24(9-6-19-4-2-1-3-5-19)27(37)32-22-8-7-21-18-31-13-10-20(21)16-22/h1-5,7-8,10,13,16,18,23-24H,6,9,11-12,14-15,17,28-30H2,(H,32,37)(H,33,36). The molecule has 0 radical (unpaired) electrons. The van der Waals surface area contributed by atoms with Crippen LogP contribution in [-0.2, 0) is 20.8 Å². The van der Waals surface area contributed by atoms with E-state index in [0.29, 0.717) is 31.6 Å². The van der Waals surface area contributed by atoms with Gasteiger partial charge >= 0.3 is 0 Å². The van der Waals surface area contributed by atoms with Crippen LogP contribution in [0.1, 0.15) is 18.4 Å². The molecule has 10 heteroatoms. The Morgan fingerprint density at radius 1 is 0.919 bits per heavy atom. The average molecular weight is 506 g/mol. The molecule has 0 aliphatic heterocycles. The summed E-state index contributed by atoms with van der Waals surface area (Å²) < 4.78 is 0. The first-order valence-electron chi connectivity index (χ1n) is 12.3. The Morgan fingerprint density at radius 3 is 2.35 bits per heavy atom. The number of pyridine rings is 1. The highest BCUT2D eigenvalue weighted by Crippen LogP contribution is 2.18. The van der Waals surface area contributed by atoms with Crippen LogP contribution in [0.5, 0.6) is 0 Å². The minimum absolute atomic E-state index is 0.211. The molecule has 37 heavy (non-hydrogen) atoms. The zero-order valence-corrected chi connectivity index (χ0v) is 20.8. The Bertz CT molecular complexity index is 1180. The quantitative estimate of drug-likeness (QED) is 0.228. The number of hydrogen-bond acceptors (Lipinski definition) is 7. The topological polar surface area (TPSA) is 169 Å². The highest BCUT2D eigenvalue weighted by molar-refractivity contribution is 5.99. The third-order valence-electron chi connectivity index (χ3n) is 5.99. The van der Waals surface area contributed by atoms with Crippen LogP contribution in [0.3, 0.4) is 0 Å². The van der Waals surface area contributed by atoms with Gasteiger partial charge in [-0.2, -0.15) is 0 Å². The van der Waals surface area contributed by atoms with E-state index in [-0.39, 0.29) is 31.3 Å². The highest BCUT2D eigenvalue weighted by atomic mass is 16.2. The molecule has 0 aliphatic carbocycles. The van der Waals surface area contributed by atoms with Crippen molar-refractivity contribution in [3.8, 4) is 0 Å². The van der Waals surface area contributed by atoms with E-state index >= 15 is 0 Å². The number of anilines is 1. The van der Waals surface area contributed by atoms with Gasteiger partial charge in [0.2, 0.25) is 17.7 Å². The van der Waals surface area contributed by atoms with E-state index in [1.165, 1.54) is 4.90 Å². The first-order valence-corrected chi connectivity index (χ1v) is 12.3. The number of rotatable bonds is 13. The molecule has 10 nitrogen and oxygen atoms in total. The van der Waals surface area contributed by atoms with Crippen molar-refractivity contribution in [1.82, 2.24) is 15.2 Å². The van der Waals surface area contributed by atoms with Gasteiger partial charge in [-0.15, -0.1) is 0 Å². The molecule has 0 saturated carbocycles. The van der Waals surface area contributed by atoms with Crippen molar-refractivity contribution >= 4 is 34.2 Å². The van der Waals surface area contributed by atoms with E-state index in [4.69, 9.17) is 17.2 Å². The molecule has 0 bridgehead atoms. The second-order valence-electron chi connectivity index (χ2n) is 8.78. The van der Waals surface area contributed by atoms with E-state index in [2.05, 4.69) is 15.6 Å². The average Bonchev–Trinajstić information content (AvgIpc) is 2.91. The summed E-state index contributed by atoms with van der Waals surface area (Å²) in [5, 5.41) is 7.51.